The lowest BCUT2D eigenvalue weighted by Gasteiger charge is -2.30. The Hall–Kier alpha value is -2.75. The second kappa shape index (κ2) is 9.45. The quantitative estimate of drug-likeness (QED) is 0.512. The molecule has 28 heavy (non-hydrogen) atoms. The second-order valence-electron chi connectivity index (χ2n) is 5.90. The van der Waals surface area contributed by atoms with E-state index in [9.17, 15) is 10.1 Å². The summed E-state index contributed by atoms with van der Waals surface area (Å²) >= 11 is 3.03. The number of allylic oxidation sites excluding steroid dienone is 1. The molecule has 6 heteroatoms. The van der Waals surface area contributed by atoms with Gasteiger partial charge in [0.05, 0.1) is 40.5 Å². The van der Waals surface area contributed by atoms with Crippen molar-refractivity contribution in [3.05, 3.63) is 87.1 Å². The molecule has 0 saturated heterocycles. The first-order chi connectivity index (χ1) is 13.7. The van der Waals surface area contributed by atoms with Crippen LogP contribution in [0.15, 0.2) is 76.7 Å². The second-order valence-corrected chi connectivity index (χ2v) is 7.91. The average molecular weight is 409 g/mol. The molecule has 2 aromatic rings. The zero-order valence-corrected chi connectivity index (χ0v) is 17.1. The minimum Gasteiger partial charge on any atom is -0.463 e. The molecule has 3 rings (SSSR count). The number of thioether (sulfide) groups is 1. The van der Waals surface area contributed by atoms with Crippen LogP contribution in [0.5, 0.6) is 0 Å². The van der Waals surface area contributed by atoms with Crippen molar-refractivity contribution in [2.24, 2.45) is 0 Å². The van der Waals surface area contributed by atoms with E-state index in [2.05, 4.69) is 18.0 Å². The molecule has 0 aliphatic carbocycles. The van der Waals surface area contributed by atoms with Gasteiger partial charge >= 0.3 is 5.97 Å². The highest BCUT2D eigenvalue weighted by Crippen LogP contribution is 2.44. The van der Waals surface area contributed by atoms with E-state index in [0.717, 1.165) is 15.5 Å². The maximum Gasteiger partial charge on any atom is 0.337 e. The number of nitriles is 1. The highest BCUT2D eigenvalue weighted by molar-refractivity contribution is 8.03. The Balaban J connectivity index is 2.24. The maximum absolute atomic E-state index is 13.0. The molecule has 0 amide bonds. The van der Waals surface area contributed by atoms with Gasteiger partial charge in [-0.2, -0.15) is 5.26 Å². The van der Waals surface area contributed by atoms with Crippen molar-refractivity contribution < 1.29 is 9.53 Å². The van der Waals surface area contributed by atoms with Gasteiger partial charge in [-0.1, -0.05) is 42.5 Å². The minimum atomic E-state index is -0.465. The molecule has 0 spiro atoms. The number of dihydropyridines is 1. The van der Waals surface area contributed by atoms with Crippen LogP contribution in [0.3, 0.4) is 0 Å². The highest BCUT2D eigenvalue weighted by Gasteiger charge is 2.37. The van der Waals surface area contributed by atoms with E-state index in [0.29, 0.717) is 22.6 Å². The van der Waals surface area contributed by atoms with Gasteiger partial charge in [0.25, 0.3) is 0 Å². The Kier molecular flexibility index (Phi) is 6.75. The van der Waals surface area contributed by atoms with Crippen LogP contribution in [0.2, 0.25) is 0 Å². The molecule has 4 nitrogen and oxygen atoms in total. The summed E-state index contributed by atoms with van der Waals surface area (Å²) in [6.07, 6.45) is 1.79. The summed E-state index contributed by atoms with van der Waals surface area (Å²) in [7, 11) is 0. The topological polar surface area (TPSA) is 62.1 Å². The summed E-state index contributed by atoms with van der Waals surface area (Å²) in [6, 6.07) is 15.9. The maximum atomic E-state index is 13.0. The van der Waals surface area contributed by atoms with E-state index in [1.165, 1.54) is 23.1 Å². The van der Waals surface area contributed by atoms with Gasteiger partial charge in [-0.15, -0.1) is 29.7 Å². The number of nitrogens with zero attached hydrogens (tertiary/aromatic N) is 1. The summed E-state index contributed by atoms with van der Waals surface area (Å²) in [5.74, 6) is -0.220. The zero-order chi connectivity index (χ0) is 19.9. The molecule has 0 bridgehead atoms. The van der Waals surface area contributed by atoms with Crippen LogP contribution in [0.1, 0.15) is 23.3 Å². The van der Waals surface area contributed by atoms with Crippen molar-refractivity contribution in [2.75, 3.05) is 12.4 Å². The number of carbonyl (C=O) groups excluding carboxylic acids is 1. The normalized spacial score (nSPS) is 16.4. The average Bonchev–Trinajstić information content (AvgIpc) is 3.26. The van der Waals surface area contributed by atoms with E-state index in [4.69, 9.17) is 4.74 Å². The summed E-state index contributed by atoms with van der Waals surface area (Å²) < 4.78 is 5.38. The predicted molar refractivity (Wildman–Crippen MR) is 115 cm³/mol. The lowest BCUT2D eigenvalue weighted by Crippen LogP contribution is -2.29. The summed E-state index contributed by atoms with van der Waals surface area (Å²) in [4.78, 5) is 13.9. The highest BCUT2D eigenvalue weighted by atomic mass is 32.2. The number of benzene rings is 1. The first-order valence-electron chi connectivity index (χ1n) is 8.86. The standard InChI is InChI=1S/C22H20N2O2S2/c1-3-12-28-21-16(14-23)18(17-11-8-13-27-17)19(22(25)26-4-2)20(24-21)15-9-6-5-7-10-15/h3,5-11,13,18,24H,1,4,12H2,2H3/t18-/m0/s1. The van der Waals surface area contributed by atoms with E-state index in [-0.39, 0.29) is 6.61 Å². The monoisotopic (exact) mass is 408 g/mol. The Morgan fingerprint density at radius 1 is 1.36 bits per heavy atom. The van der Waals surface area contributed by atoms with Gasteiger partial charge in [0, 0.05) is 10.6 Å². The van der Waals surface area contributed by atoms with Crippen LogP contribution in [0.4, 0.5) is 0 Å². The van der Waals surface area contributed by atoms with Crippen LogP contribution in [0.25, 0.3) is 5.70 Å². The molecule has 1 aromatic heterocycles. The number of esters is 1. The third kappa shape index (κ3) is 4.06. The number of rotatable bonds is 7. The van der Waals surface area contributed by atoms with E-state index >= 15 is 0 Å². The molecular weight excluding hydrogens is 388 g/mol. The molecule has 1 aliphatic rings. The Morgan fingerprint density at radius 3 is 2.75 bits per heavy atom. The molecule has 0 radical (unpaired) electrons. The third-order valence-electron chi connectivity index (χ3n) is 4.18. The van der Waals surface area contributed by atoms with Gasteiger partial charge in [0.15, 0.2) is 0 Å². The molecule has 0 unspecified atom stereocenters. The summed E-state index contributed by atoms with van der Waals surface area (Å²) in [6.45, 7) is 5.82. The minimum absolute atomic E-state index is 0.269. The molecule has 1 aromatic carbocycles. The van der Waals surface area contributed by atoms with Crippen LogP contribution < -0.4 is 5.32 Å². The Morgan fingerprint density at radius 2 is 2.14 bits per heavy atom. The first kappa shape index (κ1) is 20.0. The molecule has 0 fully saturated rings. The van der Waals surface area contributed by atoms with Crippen molar-refractivity contribution in [3.63, 3.8) is 0 Å². The SMILES string of the molecule is C=CCSC1=C(C#N)[C@@H](c2cccs2)C(C(=O)OCC)=C(c2ccccc2)N1. The fraction of sp³-hybridized carbons (Fsp3) is 0.182. The predicted octanol–water partition coefficient (Wildman–Crippen LogP) is 5.06. The molecule has 0 saturated carbocycles. The largest absolute Gasteiger partial charge is 0.463 e. The smallest absolute Gasteiger partial charge is 0.337 e. The van der Waals surface area contributed by atoms with Gasteiger partial charge in [-0.3, -0.25) is 0 Å². The van der Waals surface area contributed by atoms with Crippen LogP contribution >= 0.6 is 23.1 Å². The van der Waals surface area contributed by atoms with Gasteiger partial charge in [0.2, 0.25) is 0 Å². The fourth-order valence-corrected chi connectivity index (χ4v) is 4.66. The van der Waals surface area contributed by atoms with Crippen molar-refractivity contribution >= 4 is 34.8 Å². The van der Waals surface area contributed by atoms with Gasteiger partial charge in [-0.25, -0.2) is 4.79 Å². The van der Waals surface area contributed by atoms with Gasteiger partial charge < -0.3 is 10.1 Å². The lowest BCUT2D eigenvalue weighted by molar-refractivity contribution is -0.138. The molecule has 2 heterocycles. The number of hydrogen-bond donors (Lipinski definition) is 1. The van der Waals surface area contributed by atoms with Crippen molar-refractivity contribution in [1.29, 1.82) is 5.26 Å². The van der Waals surface area contributed by atoms with Crippen molar-refractivity contribution in [3.8, 4) is 6.07 Å². The van der Waals surface area contributed by atoms with Gasteiger partial charge in [-0.05, 0) is 23.9 Å². The van der Waals surface area contributed by atoms with Gasteiger partial charge in [0.1, 0.15) is 0 Å². The number of thiophene rings is 1. The molecule has 1 aliphatic heterocycles. The summed E-state index contributed by atoms with van der Waals surface area (Å²) in [5, 5.41) is 16.0. The fourth-order valence-electron chi connectivity index (χ4n) is 3.04. The van der Waals surface area contributed by atoms with Crippen LogP contribution in [-0.4, -0.2) is 18.3 Å². The molecule has 1 N–H and O–H groups in total. The van der Waals surface area contributed by atoms with E-state index < -0.39 is 11.9 Å². The Labute approximate surface area is 173 Å². The molecule has 1 atom stereocenters. The Bertz CT molecular complexity index is 954. The third-order valence-corrected chi connectivity index (χ3v) is 6.13. The zero-order valence-electron chi connectivity index (χ0n) is 15.5. The summed E-state index contributed by atoms with van der Waals surface area (Å²) in [5.41, 5.74) is 2.55. The molecular formula is C22H20N2O2S2. The number of nitrogens with one attached hydrogen (secondary N) is 1. The molecule has 142 valence electrons. The van der Waals surface area contributed by atoms with E-state index in [1.54, 1.807) is 13.0 Å². The van der Waals surface area contributed by atoms with E-state index in [1.807, 2.05) is 47.8 Å². The number of carbonyl (C=O) groups is 1. The first-order valence-corrected chi connectivity index (χ1v) is 10.7. The lowest BCUT2D eigenvalue weighted by atomic mass is 9.85. The van der Waals surface area contributed by atoms with Crippen LogP contribution in [0, 0.1) is 11.3 Å². The van der Waals surface area contributed by atoms with Crippen molar-refractivity contribution in [1.82, 2.24) is 5.32 Å². The number of hydrogen-bond acceptors (Lipinski definition) is 6. The van der Waals surface area contributed by atoms with Crippen LogP contribution in [-0.2, 0) is 9.53 Å². The van der Waals surface area contributed by atoms with Crippen molar-refractivity contribution in [2.45, 2.75) is 12.8 Å². The number of ether oxygens (including phenoxy) is 1.